The molecule has 0 radical (unpaired) electrons. The molecule has 1 aromatic rings. The molecule has 88 valence electrons. The second kappa shape index (κ2) is 4.55. The summed E-state index contributed by atoms with van der Waals surface area (Å²) in [5, 5.41) is 10.1. The summed E-state index contributed by atoms with van der Waals surface area (Å²) in [4.78, 5) is 11.4. The molecule has 1 aromatic carbocycles. The van der Waals surface area contributed by atoms with Crippen LogP contribution in [0.5, 0.6) is 0 Å². The maximum absolute atomic E-state index is 11.4. The van der Waals surface area contributed by atoms with Gasteiger partial charge in [-0.15, -0.1) is 0 Å². The first-order valence-electron chi connectivity index (χ1n) is 5.41. The van der Waals surface area contributed by atoms with E-state index in [2.05, 4.69) is 6.58 Å². The van der Waals surface area contributed by atoms with Gasteiger partial charge in [-0.3, -0.25) is 0 Å². The summed E-state index contributed by atoms with van der Waals surface area (Å²) in [5.41, 5.74) is 2.04. The number of aliphatic hydroxyl groups excluding tert-OH is 1. The van der Waals surface area contributed by atoms with Gasteiger partial charge in [0.2, 0.25) is 0 Å². The Bertz CT molecular complexity index is 488. The van der Waals surface area contributed by atoms with Crippen LogP contribution in [0.2, 0.25) is 0 Å². The van der Waals surface area contributed by atoms with Gasteiger partial charge in [-0.05, 0) is 24.1 Å². The number of carbonyl (C=O) groups excluding carboxylic acids is 1. The van der Waals surface area contributed by atoms with Gasteiger partial charge in [0.15, 0.2) is 6.10 Å². The van der Waals surface area contributed by atoms with E-state index in [0.717, 1.165) is 11.1 Å². The molecule has 3 nitrogen and oxygen atoms in total. The van der Waals surface area contributed by atoms with Crippen molar-refractivity contribution in [3.63, 3.8) is 0 Å². The van der Waals surface area contributed by atoms with E-state index in [4.69, 9.17) is 4.74 Å². The van der Waals surface area contributed by atoms with Gasteiger partial charge in [-0.1, -0.05) is 36.9 Å². The molecule has 0 bridgehead atoms. The predicted molar refractivity (Wildman–Crippen MR) is 65.1 cm³/mol. The average molecular weight is 230 g/mol. The van der Waals surface area contributed by atoms with Crippen LogP contribution in [0.1, 0.15) is 24.2 Å². The Morgan fingerprint density at radius 2 is 2.12 bits per heavy atom. The predicted octanol–water partition coefficient (Wildman–Crippen LogP) is 2.23. The molecule has 0 saturated carbocycles. The number of ether oxygens (including phenoxy) is 1. The number of esters is 1. The summed E-state index contributed by atoms with van der Waals surface area (Å²) in [6.07, 6.45) is 2.07. The molecule has 0 spiro atoms. The monoisotopic (exact) mass is 230 g/mol. The summed E-state index contributed by atoms with van der Waals surface area (Å²) >= 11 is 0. The van der Waals surface area contributed by atoms with Crippen molar-refractivity contribution in [2.24, 2.45) is 0 Å². The van der Waals surface area contributed by atoms with Crippen molar-refractivity contribution in [3.8, 4) is 0 Å². The Labute approximate surface area is 100 Å². The zero-order valence-corrected chi connectivity index (χ0v) is 9.59. The molecule has 2 rings (SSSR count). The molecule has 1 aliphatic rings. The van der Waals surface area contributed by atoms with Crippen LogP contribution in [-0.4, -0.2) is 17.2 Å². The van der Waals surface area contributed by atoms with Crippen LogP contribution in [0.15, 0.2) is 42.5 Å². The van der Waals surface area contributed by atoms with E-state index in [1.165, 1.54) is 0 Å². The molecular weight excluding hydrogens is 216 g/mol. The van der Waals surface area contributed by atoms with Gasteiger partial charge < -0.3 is 9.84 Å². The van der Waals surface area contributed by atoms with Crippen molar-refractivity contribution in [3.05, 3.63) is 53.6 Å². The lowest BCUT2D eigenvalue weighted by Crippen LogP contribution is -2.26. The summed E-state index contributed by atoms with van der Waals surface area (Å²) in [6.45, 7) is 5.09. The smallest absolute Gasteiger partial charge is 0.333 e. The van der Waals surface area contributed by atoms with Crippen molar-refractivity contribution in [2.45, 2.75) is 19.1 Å². The lowest BCUT2D eigenvalue weighted by molar-refractivity contribution is -0.147. The van der Waals surface area contributed by atoms with Crippen LogP contribution in [-0.2, 0) is 9.53 Å². The molecule has 0 amide bonds. The third kappa shape index (κ3) is 2.29. The summed E-state index contributed by atoms with van der Waals surface area (Å²) in [6, 6.07) is 7.48. The Morgan fingerprint density at radius 1 is 1.41 bits per heavy atom. The molecule has 0 heterocycles. The van der Waals surface area contributed by atoms with E-state index in [1.807, 2.05) is 30.3 Å². The maximum atomic E-state index is 11.4. The van der Waals surface area contributed by atoms with E-state index in [1.54, 1.807) is 13.0 Å². The van der Waals surface area contributed by atoms with Crippen molar-refractivity contribution in [1.29, 1.82) is 0 Å². The van der Waals surface area contributed by atoms with Gasteiger partial charge in [-0.25, -0.2) is 4.79 Å². The second-order valence-corrected chi connectivity index (χ2v) is 4.08. The van der Waals surface area contributed by atoms with E-state index in [-0.39, 0.29) is 0 Å². The normalized spacial score (nSPS) is 21.8. The highest BCUT2D eigenvalue weighted by Gasteiger charge is 2.27. The minimum absolute atomic E-state index is 0.324. The molecule has 1 unspecified atom stereocenters. The summed E-state index contributed by atoms with van der Waals surface area (Å²) in [7, 11) is 0. The summed E-state index contributed by atoms with van der Waals surface area (Å²) in [5.74, 6) is -0.488. The lowest BCUT2D eigenvalue weighted by atomic mass is 9.93. The number of carbonyl (C=O) groups is 1. The SMILES string of the molecule is C=C(C)C(=O)O[C@@H]1C=Cc2ccccc2C1O. The highest BCUT2D eigenvalue weighted by atomic mass is 16.6. The van der Waals surface area contributed by atoms with Gasteiger partial charge in [0, 0.05) is 5.57 Å². The van der Waals surface area contributed by atoms with E-state index in [0.29, 0.717) is 5.57 Å². The highest BCUT2D eigenvalue weighted by molar-refractivity contribution is 5.87. The first kappa shape index (κ1) is 11.6. The number of aliphatic hydroxyl groups is 1. The molecule has 2 atom stereocenters. The van der Waals surface area contributed by atoms with Crippen molar-refractivity contribution in [2.75, 3.05) is 0 Å². The van der Waals surface area contributed by atoms with Crippen LogP contribution in [0, 0.1) is 0 Å². The van der Waals surface area contributed by atoms with Gasteiger partial charge in [-0.2, -0.15) is 0 Å². The zero-order chi connectivity index (χ0) is 12.4. The molecule has 0 aromatic heterocycles. The van der Waals surface area contributed by atoms with Crippen molar-refractivity contribution >= 4 is 12.0 Å². The fourth-order valence-electron chi connectivity index (χ4n) is 1.74. The molecule has 0 aliphatic heterocycles. The largest absolute Gasteiger partial charge is 0.452 e. The first-order chi connectivity index (χ1) is 8.09. The van der Waals surface area contributed by atoms with E-state index in [9.17, 15) is 9.90 Å². The maximum Gasteiger partial charge on any atom is 0.333 e. The van der Waals surface area contributed by atoms with Crippen LogP contribution in [0.25, 0.3) is 6.08 Å². The summed E-state index contributed by atoms with van der Waals surface area (Å²) < 4.78 is 5.15. The molecule has 1 aliphatic carbocycles. The van der Waals surface area contributed by atoms with Crippen LogP contribution in [0.3, 0.4) is 0 Å². The van der Waals surface area contributed by atoms with Gasteiger partial charge >= 0.3 is 5.97 Å². The number of rotatable bonds is 2. The van der Waals surface area contributed by atoms with Crippen molar-refractivity contribution in [1.82, 2.24) is 0 Å². The highest BCUT2D eigenvalue weighted by Crippen LogP contribution is 2.29. The number of hydrogen-bond acceptors (Lipinski definition) is 3. The number of benzene rings is 1. The molecule has 3 heteroatoms. The molecule has 0 saturated heterocycles. The second-order valence-electron chi connectivity index (χ2n) is 4.08. The van der Waals surface area contributed by atoms with Gasteiger partial charge in [0.25, 0.3) is 0 Å². The van der Waals surface area contributed by atoms with Gasteiger partial charge in [0.05, 0.1) is 0 Å². The Hall–Kier alpha value is -1.87. The topological polar surface area (TPSA) is 46.5 Å². The van der Waals surface area contributed by atoms with Crippen LogP contribution < -0.4 is 0 Å². The fourth-order valence-corrected chi connectivity index (χ4v) is 1.74. The quantitative estimate of drug-likeness (QED) is 0.626. The van der Waals surface area contributed by atoms with Crippen molar-refractivity contribution < 1.29 is 14.6 Å². The van der Waals surface area contributed by atoms with Crippen LogP contribution >= 0.6 is 0 Å². The van der Waals surface area contributed by atoms with E-state index >= 15 is 0 Å². The standard InChI is InChI=1S/C14H14O3/c1-9(2)14(16)17-12-8-7-10-5-3-4-6-11(10)13(12)15/h3-8,12-13,15H,1H2,2H3/t12-,13?/m1/s1. The van der Waals surface area contributed by atoms with E-state index < -0.39 is 18.2 Å². The molecule has 1 N–H and O–H groups in total. The molecule has 17 heavy (non-hydrogen) atoms. The minimum atomic E-state index is -0.820. The Kier molecular flexibility index (Phi) is 3.11. The first-order valence-corrected chi connectivity index (χ1v) is 5.41. The Morgan fingerprint density at radius 3 is 2.82 bits per heavy atom. The third-order valence-corrected chi connectivity index (χ3v) is 2.68. The molecule has 0 fully saturated rings. The number of hydrogen-bond donors (Lipinski definition) is 1. The van der Waals surface area contributed by atoms with Crippen LogP contribution in [0.4, 0.5) is 0 Å². The fraction of sp³-hybridized carbons (Fsp3) is 0.214. The number of fused-ring (bicyclic) bond motifs is 1. The third-order valence-electron chi connectivity index (χ3n) is 2.68. The zero-order valence-electron chi connectivity index (χ0n) is 9.59. The average Bonchev–Trinajstić information content (AvgIpc) is 2.33. The molecular formula is C14H14O3. The van der Waals surface area contributed by atoms with Gasteiger partial charge in [0.1, 0.15) is 6.10 Å². The Balaban J connectivity index is 2.20. The lowest BCUT2D eigenvalue weighted by Gasteiger charge is -2.25. The minimum Gasteiger partial charge on any atom is -0.452 e.